The Morgan fingerprint density at radius 3 is 2.79 bits per heavy atom. The minimum absolute atomic E-state index is 0.279. The number of rotatable bonds is 1. The number of phenolic OH excluding ortho intramolecular Hbond substituents is 1. The summed E-state index contributed by atoms with van der Waals surface area (Å²) < 4.78 is 0.877. The van der Waals surface area contributed by atoms with Crippen molar-refractivity contribution in [3.8, 4) is 5.75 Å². The van der Waals surface area contributed by atoms with Crippen LogP contribution in [-0.4, -0.2) is 10.8 Å². The molecule has 1 heterocycles. The summed E-state index contributed by atoms with van der Waals surface area (Å²) in [5.74, 6) is 0.279. The molecule has 0 fully saturated rings. The molecule has 1 N–H and O–H groups in total. The molecule has 0 atom stereocenters. The Balaban J connectivity index is 2.35. The van der Waals surface area contributed by atoms with Crippen molar-refractivity contribution in [2.45, 2.75) is 13.3 Å². The average Bonchev–Trinajstić information content (AvgIpc) is 2.51. The van der Waals surface area contributed by atoms with E-state index in [0.717, 1.165) is 22.2 Å². The zero-order valence-corrected chi connectivity index (χ0v) is 9.37. The topological polar surface area (TPSA) is 32.6 Å². The molecule has 0 aliphatic carbocycles. The van der Waals surface area contributed by atoms with Gasteiger partial charge >= 0.3 is 0 Å². The van der Waals surface area contributed by atoms with E-state index in [1.165, 1.54) is 5.57 Å². The molecule has 0 saturated carbocycles. The molecule has 0 radical (unpaired) electrons. The first kappa shape index (κ1) is 9.46. The van der Waals surface area contributed by atoms with Crippen molar-refractivity contribution in [1.82, 2.24) is 0 Å². The molecule has 14 heavy (non-hydrogen) atoms. The molecule has 3 heteroatoms. The summed E-state index contributed by atoms with van der Waals surface area (Å²) in [5.41, 5.74) is 2.98. The largest absolute Gasteiger partial charge is 0.507 e. The molecule has 2 rings (SSSR count). The summed E-state index contributed by atoms with van der Waals surface area (Å²) in [6, 6.07) is 5.47. The molecule has 1 aliphatic heterocycles. The van der Waals surface area contributed by atoms with Gasteiger partial charge in [0.05, 0.1) is 5.71 Å². The van der Waals surface area contributed by atoms with E-state index in [1.807, 2.05) is 25.3 Å². The summed E-state index contributed by atoms with van der Waals surface area (Å²) >= 11 is 3.30. The Morgan fingerprint density at radius 2 is 2.21 bits per heavy atom. The van der Waals surface area contributed by atoms with Gasteiger partial charge in [0.25, 0.3) is 0 Å². The van der Waals surface area contributed by atoms with E-state index in [0.29, 0.717) is 0 Å². The van der Waals surface area contributed by atoms with E-state index in [2.05, 4.69) is 20.9 Å². The second-order valence-corrected chi connectivity index (χ2v) is 4.31. The number of phenols is 1. The molecular formula is C11H10BrNO. The molecule has 0 bridgehead atoms. The molecular weight excluding hydrogens is 242 g/mol. The summed E-state index contributed by atoms with van der Waals surface area (Å²) in [6.07, 6.45) is 2.67. The van der Waals surface area contributed by atoms with Crippen LogP contribution in [-0.2, 0) is 0 Å². The summed E-state index contributed by atoms with van der Waals surface area (Å²) in [5, 5.41) is 9.70. The molecule has 0 amide bonds. The number of hydrogen-bond acceptors (Lipinski definition) is 2. The fourth-order valence-electron chi connectivity index (χ4n) is 1.46. The monoisotopic (exact) mass is 251 g/mol. The van der Waals surface area contributed by atoms with Crippen LogP contribution < -0.4 is 0 Å². The highest BCUT2D eigenvalue weighted by Crippen LogP contribution is 2.26. The van der Waals surface area contributed by atoms with Crippen molar-refractivity contribution >= 4 is 21.6 Å². The van der Waals surface area contributed by atoms with E-state index in [-0.39, 0.29) is 5.75 Å². The molecule has 0 unspecified atom stereocenters. The Morgan fingerprint density at radius 1 is 1.43 bits per heavy atom. The number of halogens is 1. The minimum atomic E-state index is 0.279. The molecule has 0 aromatic heterocycles. The lowest BCUT2D eigenvalue weighted by atomic mass is 10.0. The Kier molecular flexibility index (Phi) is 2.42. The average molecular weight is 252 g/mol. The van der Waals surface area contributed by atoms with Crippen LogP contribution in [0.25, 0.3) is 0 Å². The molecule has 1 aromatic rings. The Labute approximate surface area is 91.1 Å². The maximum atomic E-state index is 9.70. The van der Waals surface area contributed by atoms with Gasteiger partial charge < -0.3 is 5.11 Å². The predicted molar refractivity (Wildman–Crippen MR) is 60.7 cm³/mol. The number of allylic oxidation sites excluding steroid dienone is 1. The van der Waals surface area contributed by atoms with E-state index >= 15 is 0 Å². The predicted octanol–water partition coefficient (Wildman–Crippen LogP) is 3.25. The zero-order chi connectivity index (χ0) is 10.1. The van der Waals surface area contributed by atoms with Gasteiger partial charge in [-0.3, -0.25) is 4.99 Å². The lowest BCUT2D eigenvalue weighted by molar-refractivity contribution is 0.473. The smallest absolute Gasteiger partial charge is 0.125 e. The second-order valence-electron chi connectivity index (χ2n) is 3.39. The number of benzene rings is 1. The van der Waals surface area contributed by atoms with Gasteiger partial charge in [-0.1, -0.05) is 15.9 Å². The zero-order valence-electron chi connectivity index (χ0n) is 7.79. The third kappa shape index (κ3) is 1.73. The van der Waals surface area contributed by atoms with Crippen LogP contribution in [0.15, 0.2) is 39.4 Å². The van der Waals surface area contributed by atoms with Crippen molar-refractivity contribution < 1.29 is 5.11 Å². The van der Waals surface area contributed by atoms with Crippen LogP contribution >= 0.6 is 15.9 Å². The molecule has 1 aliphatic rings. The van der Waals surface area contributed by atoms with Crippen LogP contribution in [0.5, 0.6) is 5.75 Å². The van der Waals surface area contributed by atoms with E-state index < -0.39 is 0 Å². The van der Waals surface area contributed by atoms with Crippen LogP contribution in [0.2, 0.25) is 0 Å². The summed E-state index contributed by atoms with van der Waals surface area (Å²) in [6.45, 7) is 2.03. The molecule has 0 spiro atoms. The highest BCUT2D eigenvalue weighted by atomic mass is 79.9. The third-order valence-corrected chi connectivity index (χ3v) is 2.65. The highest BCUT2D eigenvalue weighted by molar-refractivity contribution is 9.10. The number of aromatic hydroxyl groups is 1. The first-order valence-corrected chi connectivity index (χ1v) is 5.17. The van der Waals surface area contributed by atoms with Crippen molar-refractivity contribution in [2.24, 2.45) is 4.99 Å². The number of hydrogen-bond donors (Lipinski definition) is 1. The highest BCUT2D eigenvalue weighted by Gasteiger charge is 2.12. The minimum Gasteiger partial charge on any atom is -0.507 e. The van der Waals surface area contributed by atoms with Crippen LogP contribution in [0.4, 0.5) is 0 Å². The maximum absolute atomic E-state index is 9.70. The standard InChI is InChI=1S/C11H10BrNO/c1-7-4-10(13-6-7)9-3-2-8(12)5-11(9)14/h2-3,5-6,14H,4H2,1H3. The van der Waals surface area contributed by atoms with Gasteiger partial charge in [-0.2, -0.15) is 0 Å². The first-order chi connectivity index (χ1) is 6.66. The summed E-state index contributed by atoms with van der Waals surface area (Å²) in [7, 11) is 0. The van der Waals surface area contributed by atoms with Gasteiger partial charge in [-0.25, -0.2) is 0 Å². The Bertz CT molecular complexity index is 435. The fourth-order valence-corrected chi connectivity index (χ4v) is 1.81. The lowest BCUT2D eigenvalue weighted by Gasteiger charge is -2.04. The fraction of sp³-hybridized carbons (Fsp3) is 0.182. The van der Waals surface area contributed by atoms with E-state index in [9.17, 15) is 5.11 Å². The van der Waals surface area contributed by atoms with Crippen LogP contribution in [0, 0.1) is 0 Å². The van der Waals surface area contributed by atoms with Gasteiger partial charge in [-0.15, -0.1) is 0 Å². The van der Waals surface area contributed by atoms with Crippen LogP contribution in [0.3, 0.4) is 0 Å². The first-order valence-electron chi connectivity index (χ1n) is 4.38. The van der Waals surface area contributed by atoms with Gasteiger partial charge in [-0.05, 0) is 30.7 Å². The van der Waals surface area contributed by atoms with Crippen LogP contribution in [0.1, 0.15) is 18.9 Å². The van der Waals surface area contributed by atoms with Crippen molar-refractivity contribution in [2.75, 3.05) is 0 Å². The maximum Gasteiger partial charge on any atom is 0.125 e. The molecule has 0 saturated heterocycles. The van der Waals surface area contributed by atoms with Crippen molar-refractivity contribution in [3.63, 3.8) is 0 Å². The van der Waals surface area contributed by atoms with Crippen molar-refractivity contribution in [1.29, 1.82) is 0 Å². The third-order valence-electron chi connectivity index (χ3n) is 2.16. The summed E-state index contributed by atoms with van der Waals surface area (Å²) in [4.78, 5) is 4.26. The van der Waals surface area contributed by atoms with Crippen molar-refractivity contribution in [3.05, 3.63) is 40.0 Å². The van der Waals surface area contributed by atoms with E-state index in [4.69, 9.17) is 0 Å². The normalized spacial score (nSPS) is 15.3. The Hall–Kier alpha value is -1.09. The van der Waals surface area contributed by atoms with Gasteiger partial charge in [0.15, 0.2) is 0 Å². The second kappa shape index (κ2) is 3.58. The molecule has 2 nitrogen and oxygen atoms in total. The molecule has 72 valence electrons. The SMILES string of the molecule is CC1=CN=C(c2ccc(Br)cc2O)C1. The molecule has 1 aromatic carbocycles. The van der Waals surface area contributed by atoms with E-state index in [1.54, 1.807) is 6.07 Å². The van der Waals surface area contributed by atoms with Gasteiger partial charge in [0.1, 0.15) is 5.75 Å². The quantitative estimate of drug-likeness (QED) is 0.817. The van der Waals surface area contributed by atoms with Gasteiger partial charge in [0.2, 0.25) is 0 Å². The number of aliphatic imine (C=N–C) groups is 1. The lowest BCUT2D eigenvalue weighted by Crippen LogP contribution is -1.97. The number of nitrogens with zero attached hydrogens (tertiary/aromatic N) is 1. The van der Waals surface area contributed by atoms with Gasteiger partial charge in [0, 0.05) is 22.7 Å².